The highest BCUT2D eigenvalue weighted by Gasteiger charge is 2.35. The number of esters is 3. The van der Waals surface area contributed by atoms with Gasteiger partial charge in [0, 0.05) is 85.7 Å². The number of thioether (sulfide) groups is 3. The van der Waals surface area contributed by atoms with E-state index in [4.69, 9.17) is 29.5 Å². The molecule has 3 atom stereocenters. The van der Waals surface area contributed by atoms with Crippen LogP contribution in [0.5, 0.6) is 0 Å². The lowest BCUT2D eigenvalue weighted by Gasteiger charge is -2.31. The Morgan fingerprint density at radius 2 is 0.492 bits per heavy atom. The van der Waals surface area contributed by atoms with Crippen molar-refractivity contribution in [3.63, 3.8) is 0 Å². The molecule has 12 rings (SSSR count). The van der Waals surface area contributed by atoms with Crippen molar-refractivity contribution in [3.8, 4) is 0 Å². The lowest BCUT2D eigenvalue weighted by atomic mass is 9.88. The van der Waals surface area contributed by atoms with Gasteiger partial charge in [-0.1, -0.05) is 207 Å². The van der Waals surface area contributed by atoms with Crippen LogP contribution in [0.4, 0.5) is 68.2 Å². The molecule has 12 aromatic carbocycles. The lowest BCUT2D eigenvalue weighted by molar-refractivity contribution is -0.161. The highest BCUT2D eigenvalue weighted by Crippen LogP contribution is 2.38. The molecule has 120 heavy (non-hydrogen) atoms. The molecule has 18 nitrogen and oxygen atoms in total. The number of ether oxygens (including phenoxy) is 3. The normalized spacial score (nSPS) is 12.6. The number of carbonyl (C=O) groups is 3. The second-order valence-corrected chi connectivity index (χ2v) is 32.0. The van der Waals surface area contributed by atoms with Crippen LogP contribution < -0.4 is 29.7 Å². The fraction of sp³-hybridized carbons (Fsp3) is 0.212. The van der Waals surface area contributed by atoms with Gasteiger partial charge in [0.25, 0.3) is 0 Å². The summed E-state index contributed by atoms with van der Waals surface area (Å²) in [5.41, 5.74) is 13.1. The van der Waals surface area contributed by atoms with E-state index in [2.05, 4.69) is 124 Å². The van der Waals surface area contributed by atoms with Crippen LogP contribution >= 0.6 is 35.3 Å². The van der Waals surface area contributed by atoms with E-state index in [0.29, 0.717) is 40.9 Å². The van der Waals surface area contributed by atoms with E-state index in [9.17, 15) is 29.7 Å². The molecule has 614 valence electrons. The second kappa shape index (κ2) is 46.8. The Hall–Kier alpha value is -12.2. The molecule has 0 saturated heterocycles. The molecule has 0 aliphatic rings. The number of hydrogen-bond acceptors (Lipinski definition) is 21. The number of hydrazone groups is 3. The Labute approximate surface area is 717 Å². The summed E-state index contributed by atoms with van der Waals surface area (Å²) in [6, 6.07) is 115. The van der Waals surface area contributed by atoms with Crippen molar-refractivity contribution in [2.45, 2.75) is 50.9 Å². The van der Waals surface area contributed by atoms with E-state index in [1.165, 1.54) is 35.3 Å². The van der Waals surface area contributed by atoms with E-state index in [1.807, 2.05) is 244 Å². The molecule has 21 heteroatoms. The highest BCUT2D eigenvalue weighted by atomic mass is 32.2. The van der Waals surface area contributed by atoms with E-state index >= 15 is 0 Å². The van der Waals surface area contributed by atoms with Gasteiger partial charge in [-0.2, -0.15) is 50.6 Å². The molecule has 0 aliphatic carbocycles. The number of anilines is 12. The summed E-state index contributed by atoms with van der Waals surface area (Å²) in [5, 5.41) is 54.3. The number of rotatable bonds is 46. The Morgan fingerprint density at radius 3 is 0.692 bits per heavy atom. The molecule has 0 saturated carbocycles. The predicted octanol–water partition coefficient (Wildman–Crippen LogP) is 20.5. The Morgan fingerprint density at radius 1 is 0.300 bits per heavy atom. The molecule has 12 aromatic rings. The van der Waals surface area contributed by atoms with Crippen LogP contribution in [0.25, 0.3) is 0 Å². The van der Waals surface area contributed by atoms with Crippen molar-refractivity contribution >= 4 is 140 Å². The van der Waals surface area contributed by atoms with Gasteiger partial charge in [0.15, 0.2) is 0 Å². The van der Waals surface area contributed by atoms with Crippen molar-refractivity contribution < 1.29 is 43.9 Å². The van der Waals surface area contributed by atoms with Crippen molar-refractivity contribution in [2.75, 3.05) is 104 Å². The molecule has 0 radical (unpaired) electrons. The third kappa shape index (κ3) is 27.2. The largest absolute Gasteiger partial charge is 0.465 e. The van der Waals surface area contributed by atoms with Crippen LogP contribution in [0.15, 0.2) is 361 Å². The van der Waals surface area contributed by atoms with E-state index < -0.39 is 41.6 Å². The molecular formula is C99H101N9O9S3. The quantitative estimate of drug-likeness (QED) is 0.0107. The number of carbonyl (C=O) groups excluding carboxylic acids is 3. The van der Waals surface area contributed by atoms with E-state index in [-0.39, 0.29) is 58.7 Å². The number of benzene rings is 12. The molecule has 0 amide bonds. The summed E-state index contributed by atoms with van der Waals surface area (Å²) < 4.78 is 17.9. The summed E-state index contributed by atoms with van der Waals surface area (Å²) in [4.78, 5) is 47.6. The van der Waals surface area contributed by atoms with Crippen molar-refractivity contribution in [2.24, 2.45) is 20.7 Å². The SMILES string of the molecule is CCC(COC(=O)CCSCC(O)CN(/N=C/c1ccc(N(c2ccccc2)c2ccccc2)cc1)c1ccccc1)(COC(=O)CCSCC(O)CN(/N=C/c1ccc(N(c2ccccc2)c2ccccc2)cc1)c1ccccc1)COC(=O)CCSCC(O)CN(/N=C/c1ccc(N(c2ccccc2)c2ccccc2)cc1)c1ccccc1. The van der Waals surface area contributed by atoms with Gasteiger partial charge in [0.2, 0.25) is 0 Å². The van der Waals surface area contributed by atoms with Crippen molar-refractivity contribution in [3.05, 3.63) is 362 Å². The van der Waals surface area contributed by atoms with Gasteiger partial charge in [-0.3, -0.25) is 29.4 Å². The summed E-state index contributed by atoms with van der Waals surface area (Å²) in [5.74, 6) is 0.428. The summed E-state index contributed by atoms with van der Waals surface area (Å²) in [7, 11) is 0. The molecule has 0 spiro atoms. The van der Waals surface area contributed by atoms with Gasteiger partial charge in [0.1, 0.15) is 19.8 Å². The summed E-state index contributed by atoms with van der Waals surface area (Å²) in [6.45, 7) is 1.80. The van der Waals surface area contributed by atoms with Crippen LogP contribution in [0.2, 0.25) is 0 Å². The maximum atomic E-state index is 13.7. The van der Waals surface area contributed by atoms with Crippen LogP contribution in [-0.2, 0) is 28.6 Å². The Bertz CT molecular complexity index is 4470. The fourth-order valence-electron chi connectivity index (χ4n) is 13.0. The van der Waals surface area contributed by atoms with Crippen LogP contribution in [0.3, 0.4) is 0 Å². The van der Waals surface area contributed by atoms with E-state index in [0.717, 1.165) is 84.9 Å². The second-order valence-electron chi connectivity index (χ2n) is 28.6. The first-order valence-corrected chi connectivity index (χ1v) is 43.7. The molecular weight excluding hydrogens is 1560 g/mol. The zero-order chi connectivity index (χ0) is 83.2. The number of hydrogen-bond donors (Lipinski definition) is 3. The fourth-order valence-corrected chi connectivity index (χ4v) is 15.6. The minimum Gasteiger partial charge on any atom is -0.465 e. The Kier molecular flexibility index (Phi) is 34.0. The summed E-state index contributed by atoms with van der Waals surface area (Å²) in [6.07, 6.45) is 3.24. The maximum Gasteiger partial charge on any atom is 0.306 e. The lowest BCUT2D eigenvalue weighted by Crippen LogP contribution is -2.39. The van der Waals surface area contributed by atoms with Gasteiger partial charge in [-0.05, 0) is 169 Å². The average Bonchev–Trinajstić information content (AvgIpc) is 0.820. The molecule has 0 fully saturated rings. The Balaban J connectivity index is 0.634. The molecule has 0 bridgehead atoms. The number of para-hydroxylation sites is 9. The number of aliphatic hydroxyl groups excluding tert-OH is 3. The van der Waals surface area contributed by atoms with Crippen LogP contribution in [0, 0.1) is 5.41 Å². The van der Waals surface area contributed by atoms with Gasteiger partial charge in [0.05, 0.1) is 98.3 Å². The maximum absolute atomic E-state index is 13.7. The van der Waals surface area contributed by atoms with Crippen molar-refractivity contribution in [1.82, 2.24) is 0 Å². The van der Waals surface area contributed by atoms with Gasteiger partial charge in [-0.15, -0.1) is 0 Å². The van der Waals surface area contributed by atoms with Gasteiger partial charge in [-0.25, -0.2) is 0 Å². The third-order valence-electron chi connectivity index (χ3n) is 19.5. The van der Waals surface area contributed by atoms with Crippen LogP contribution in [-0.4, -0.2) is 144 Å². The molecule has 0 aromatic heterocycles. The zero-order valence-electron chi connectivity index (χ0n) is 67.2. The van der Waals surface area contributed by atoms with Gasteiger partial charge < -0.3 is 44.2 Å². The topological polar surface area (TPSA) is 196 Å². The smallest absolute Gasteiger partial charge is 0.306 e. The van der Waals surface area contributed by atoms with Crippen molar-refractivity contribution in [1.29, 1.82) is 0 Å². The number of nitrogens with zero attached hydrogens (tertiary/aromatic N) is 9. The first kappa shape index (κ1) is 87.1. The minimum atomic E-state index is -1.10. The first-order valence-electron chi connectivity index (χ1n) is 40.3. The standard InChI is InChI=1S/C99H101N9O9S3/c1-2-99(75-115-96(112)60-63-118-72-93(109)69-103(81-30-12-3-13-31-81)100-66-78-48-54-90(55-49-78)106(84-36-18-6-19-37-84)85-38-20-7-21-39-85,76-116-97(113)61-64-119-73-94(110)70-104(82-32-14-4-15-33-82)101-67-79-50-56-91(57-51-79)107(86-40-22-8-23-41-86)87-42-24-9-25-43-87)77-117-98(114)62-65-120-74-95(111)71-105(83-34-16-5-17-35-83)102-68-80-52-58-92(59-53-80)108(88-44-26-10-27-45-88)89-46-28-11-29-47-89/h3-59,66-68,93-95,109-111H,2,60-65,69-77H2,1H3/b100-66+,101-67+,102-68+. The molecule has 3 N–H and O–H groups in total. The van der Waals surface area contributed by atoms with Crippen LogP contribution in [0.1, 0.15) is 49.3 Å². The number of aliphatic hydroxyl groups is 3. The van der Waals surface area contributed by atoms with E-state index in [1.54, 1.807) is 33.7 Å². The molecule has 3 unspecified atom stereocenters. The molecule has 0 aliphatic heterocycles. The predicted molar refractivity (Wildman–Crippen MR) is 497 cm³/mol. The summed E-state index contributed by atoms with van der Waals surface area (Å²) >= 11 is 4.23. The average molecular weight is 1660 g/mol. The van der Waals surface area contributed by atoms with Gasteiger partial charge >= 0.3 is 17.9 Å². The molecule has 0 heterocycles. The minimum absolute atomic E-state index is 0.0200. The highest BCUT2D eigenvalue weighted by molar-refractivity contribution is 7.99. The first-order chi connectivity index (χ1) is 58.9. The third-order valence-corrected chi connectivity index (χ3v) is 22.9. The monoisotopic (exact) mass is 1660 g/mol. The zero-order valence-corrected chi connectivity index (χ0v) is 69.7.